The number of carbonyl (C=O) groups is 1. The Kier molecular flexibility index (Phi) is 4.46. The zero-order valence-corrected chi connectivity index (χ0v) is 10.3. The lowest BCUT2D eigenvalue weighted by Gasteiger charge is -2.12. The van der Waals surface area contributed by atoms with Gasteiger partial charge in [-0.05, 0) is 18.4 Å². The maximum atomic E-state index is 11.5. The highest BCUT2D eigenvalue weighted by Crippen LogP contribution is 2.28. The maximum absolute atomic E-state index is 11.5. The fourth-order valence-corrected chi connectivity index (χ4v) is 3.34. The molecule has 86 valence electrons. The van der Waals surface area contributed by atoms with E-state index >= 15 is 0 Å². The van der Waals surface area contributed by atoms with E-state index in [0.29, 0.717) is 11.0 Å². The Bertz CT molecular complexity index is 334. The Hall–Kier alpha value is -0.760. The Morgan fingerprint density at radius 3 is 2.81 bits per heavy atom. The zero-order chi connectivity index (χ0) is 11.2. The number of Topliss-reactive ketones (excluding diaryl/α,β-unsaturated/α-hetero) is 1. The molecule has 0 aromatic heterocycles. The topological polar surface area (TPSA) is 17.1 Å². The quantitative estimate of drug-likeness (QED) is 0.740. The highest BCUT2D eigenvalue weighted by Gasteiger charge is 2.17. The summed E-state index contributed by atoms with van der Waals surface area (Å²) in [6.45, 7) is 0. The van der Waals surface area contributed by atoms with Crippen LogP contribution in [0.2, 0.25) is 0 Å². The molecule has 2 heteroatoms. The summed E-state index contributed by atoms with van der Waals surface area (Å²) >= 11 is 1.95. The largest absolute Gasteiger partial charge is 0.300 e. The van der Waals surface area contributed by atoms with Crippen LogP contribution in [0, 0.1) is 0 Å². The molecular weight excluding hydrogens is 216 g/mol. The van der Waals surface area contributed by atoms with Gasteiger partial charge in [-0.2, -0.15) is 11.8 Å². The second-order valence-corrected chi connectivity index (χ2v) is 5.70. The molecule has 2 rings (SSSR count). The smallest absolute Gasteiger partial charge is 0.134 e. The van der Waals surface area contributed by atoms with Gasteiger partial charge in [0.1, 0.15) is 5.78 Å². The van der Waals surface area contributed by atoms with Crippen molar-refractivity contribution in [3.05, 3.63) is 35.9 Å². The molecule has 1 aromatic rings. The monoisotopic (exact) mass is 234 g/mol. The van der Waals surface area contributed by atoms with Crippen LogP contribution >= 0.6 is 11.8 Å². The summed E-state index contributed by atoms with van der Waals surface area (Å²) in [5, 5.41) is 0.551. The number of hydrogen-bond acceptors (Lipinski definition) is 2. The van der Waals surface area contributed by atoms with Gasteiger partial charge in [-0.15, -0.1) is 0 Å². The lowest BCUT2D eigenvalue weighted by Crippen LogP contribution is -2.07. The molecule has 0 saturated heterocycles. The average molecular weight is 234 g/mol. The third-order valence-corrected chi connectivity index (χ3v) is 4.39. The lowest BCUT2D eigenvalue weighted by molar-refractivity contribution is -0.118. The summed E-state index contributed by atoms with van der Waals surface area (Å²) in [7, 11) is 0. The van der Waals surface area contributed by atoms with E-state index in [-0.39, 0.29) is 0 Å². The summed E-state index contributed by atoms with van der Waals surface area (Å²) < 4.78 is 0. The van der Waals surface area contributed by atoms with Gasteiger partial charge < -0.3 is 0 Å². The van der Waals surface area contributed by atoms with Crippen molar-refractivity contribution in [2.24, 2.45) is 0 Å². The molecule has 0 unspecified atom stereocenters. The Balaban J connectivity index is 1.83. The maximum Gasteiger partial charge on any atom is 0.134 e. The molecule has 1 aliphatic rings. The van der Waals surface area contributed by atoms with Crippen LogP contribution in [0.3, 0.4) is 0 Å². The Morgan fingerprint density at radius 1 is 1.19 bits per heavy atom. The molecule has 1 nitrogen and oxygen atoms in total. The molecule has 16 heavy (non-hydrogen) atoms. The molecule has 0 heterocycles. The molecule has 0 N–H and O–H groups in total. The van der Waals surface area contributed by atoms with Crippen molar-refractivity contribution in [2.45, 2.75) is 43.1 Å². The number of thioether (sulfide) groups is 1. The molecule has 1 saturated carbocycles. The highest BCUT2D eigenvalue weighted by atomic mass is 32.2. The molecule has 1 fully saturated rings. The van der Waals surface area contributed by atoms with Gasteiger partial charge in [0.05, 0.1) is 0 Å². The van der Waals surface area contributed by atoms with Crippen LogP contribution in [0.5, 0.6) is 0 Å². The summed E-state index contributed by atoms with van der Waals surface area (Å²) in [4.78, 5) is 11.5. The number of ketones is 1. The normalized spacial score (nSPS) is 21.8. The first-order valence-corrected chi connectivity index (χ1v) is 7.07. The van der Waals surface area contributed by atoms with E-state index in [2.05, 4.69) is 24.3 Å². The molecule has 1 atom stereocenters. The fraction of sp³-hybridized carbons (Fsp3) is 0.500. The Labute approximate surface area is 102 Å². The van der Waals surface area contributed by atoms with Gasteiger partial charge in [0.15, 0.2) is 0 Å². The van der Waals surface area contributed by atoms with Crippen molar-refractivity contribution in [3.8, 4) is 0 Å². The second kappa shape index (κ2) is 6.09. The van der Waals surface area contributed by atoms with Gasteiger partial charge in [-0.1, -0.05) is 36.8 Å². The van der Waals surface area contributed by atoms with Gasteiger partial charge in [-0.25, -0.2) is 0 Å². The zero-order valence-electron chi connectivity index (χ0n) is 9.52. The van der Waals surface area contributed by atoms with E-state index in [1.165, 1.54) is 18.4 Å². The highest BCUT2D eigenvalue weighted by molar-refractivity contribution is 7.99. The summed E-state index contributed by atoms with van der Waals surface area (Å²) in [5.41, 5.74) is 1.36. The third-order valence-electron chi connectivity index (χ3n) is 3.02. The van der Waals surface area contributed by atoms with Gasteiger partial charge in [-0.3, -0.25) is 4.79 Å². The predicted molar refractivity (Wildman–Crippen MR) is 69.6 cm³/mol. The van der Waals surface area contributed by atoms with Gasteiger partial charge >= 0.3 is 0 Å². The van der Waals surface area contributed by atoms with Crippen LogP contribution < -0.4 is 0 Å². The van der Waals surface area contributed by atoms with Crippen molar-refractivity contribution < 1.29 is 4.79 Å². The van der Waals surface area contributed by atoms with Crippen LogP contribution in [0.15, 0.2) is 30.3 Å². The fourth-order valence-electron chi connectivity index (χ4n) is 2.08. The number of hydrogen-bond donors (Lipinski definition) is 0. The van der Waals surface area contributed by atoms with Crippen LogP contribution in [-0.2, 0) is 10.5 Å². The molecule has 1 aromatic carbocycles. The predicted octanol–water partition coefficient (Wildman–Crippen LogP) is 3.82. The first-order valence-electron chi connectivity index (χ1n) is 6.02. The molecule has 0 radical (unpaired) electrons. The summed E-state index contributed by atoms with van der Waals surface area (Å²) in [5.74, 6) is 1.50. The standard InChI is InChI=1S/C14H18OS/c15-13-8-4-5-9-14(10-13)16-11-12-6-2-1-3-7-12/h1-3,6-7,14H,4-5,8-11H2/t14-/m1/s1. The van der Waals surface area contributed by atoms with Crippen LogP contribution in [-0.4, -0.2) is 11.0 Å². The number of carbonyl (C=O) groups excluding carboxylic acids is 1. The molecule has 0 aliphatic heterocycles. The first-order chi connectivity index (χ1) is 7.84. The van der Waals surface area contributed by atoms with E-state index < -0.39 is 0 Å². The SMILES string of the molecule is O=C1CCCC[C@@H](SCc2ccccc2)C1. The first kappa shape index (κ1) is 11.7. The minimum Gasteiger partial charge on any atom is -0.300 e. The van der Waals surface area contributed by atoms with E-state index in [4.69, 9.17) is 0 Å². The van der Waals surface area contributed by atoms with Crippen molar-refractivity contribution in [1.82, 2.24) is 0 Å². The lowest BCUT2D eigenvalue weighted by atomic mass is 10.2. The number of benzene rings is 1. The second-order valence-electron chi connectivity index (χ2n) is 4.41. The van der Waals surface area contributed by atoms with Gasteiger partial charge in [0, 0.05) is 23.8 Å². The van der Waals surface area contributed by atoms with E-state index in [9.17, 15) is 4.79 Å². The van der Waals surface area contributed by atoms with Crippen molar-refractivity contribution in [1.29, 1.82) is 0 Å². The van der Waals surface area contributed by atoms with Gasteiger partial charge in [0.25, 0.3) is 0 Å². The molecular formula is C14H18OS. The third kappa shape index (κ3) is 3.67. The summed E-state index contributed by atoms with van der Waals surface area (Å²) in [6, 6.07) is 10.5. The molecule has 0 amide bonds. The number of rotatable bonds is 3. The summed E-state index contributed by atoms with van der Waals surface area (Å²) in [6.07, 6.45) is 5.13. The minimum atomic E-state index is 0.461. The van der Waals surface area contributed by atoms with E-state index in [1.807, 2.05) is 17.8 Å². The Morgan fingerprint density at radius 2 is 2.00 bits per heavy atom. The van der Waals surface area contributed by atoms with E-state index in [0.717, 1.165) is 25.0 Å². The molecule has 0 spiro atoms. The minimum absolute atomic E-state index is 0.461. The van der Waals surface area contributed by atoms with Crippen molar-refractivity contribution in [3.63, 3.8) is 0 Å². The average Bonchev–Trinajstić information content (AvgIpc) is 2.52. The molecule has 1 aliphatic carbocycles. The van der Waals surface area contributed by atoms with Crippen LogP contribution in [0.25, 0.3) is 0 Å². The molecule has 0 bridgehead atoms. The van der Waals surface area contributed by atoms with Crippen molar-refractivity contribution in [2.75, 3.05) is 0 Å². The van der Waals surface area contributed by atoms with Gasteiger partial charge in [0.2, 0.25) is 0 Å². The van der Waals surface area contributed by atoms with Crippen LogP contribution in [0.1, 0.15) is 37.7 Å². The van der Waals surface area contributed by atoms with E-state index in [1.54, 1.807) is 0 Å². The van der Waals surface area contributed by atoms with Crippen LogP contribution in [0.4, 0.5) is 0 Å². The van der Waals surface area contributed by atoms with Crippen molar-refractivity contribution >= 4 is 17.5 Å².